The van der Waals surface area contributed by atoms with Crippen LogP contribution in [0.3, 0.4) is 0 Å². The zero-order valence-electron chi connectivity index (χ0n) is 17.6. The average molecular weight is 415 g/mol. The monoisotopic (exact) mass is 415 g/mol. The zero-order chi connectivity index (χ0) is 21.4. The number of ether oxygens (including phenoxy) is 1. The van der Waals surface area contributed by atoms with Gasteiger partial charge in [0.2, 0.25) is 0 Å². The van der Waals surface area contributed by atoms with Gasteiger partial charge >= 0.3 is 0 Å². The molecule has 7 heteroatoms. The van der Waals surface area contributed by atoms with E-state index in [9.17, 15) is 4.79 Å². The van der Waals surface area contributed by atoms with Gasteiger partial charge in [0.1, 0.15) is 0 Å². The lowest BCUT2D eigenvalue weighted by Gasteiger charge is -2.19. The van der Waals surface area contributed by atoms with Crippen LogP contribution in [0.5, 0.6) is 0 Å². The minimum Gasteiger partial charge on any atom is -0.381 e. The van der Waals surface area contributed by atoms with Gasteiger partial charge in [-0.1, -0.05) is 36.4 Å². The molecule has 5 rings (SSSR count). The van der Waals surface area contributed by atoms with Gasteiger partial charge in [-0.25, -0.2) is 4.98 Å². The molecule has 7 nitrogen and oxygen atoms in total. The number of benzene rings is 2. The lowest BCUT2D eigenvalue weighted by atomic mass is 9.93. The van der Waals surface area contributed by atoms with Gasteiger partial charge in [-0.05, 0) is 49.5 Å². The molecular weight excluding hydrogens is 390 g/mol. The number of carbonyl (C=O) groups is 1. The predicted molar refractivity (Wildman–Crippen MR) is 121 cm³/mol. The van der Waals surface area contributed by atoms with Crippen molar-refractivity contribution in [1.29, 1.82) is 0 Å². The number of aromatic nitrogens is 4. The molecule has 3 N–H and O–H groups in total. The van der Waals surface area contributed by atoms with E-state index >= 15 is 0 Å². The summed E-state index contributed by atoms with van der Waals surface area (Å²) in [6, 6.07) is 13.7. The number of aromatic amines is 2. The first-order valence-electron chi connectivity index (χ1n) is 10.6. The van der Waals surface area contributed by atoms with Crippen molar-refractivity contribution in [2.24, 2.45) is 0 Å². The maximum absolute atomic E-state index is 12.8. The van der Waals surface area contributed by atoms with Crippen LogP contribution in [0.25, 0.3) is 27.5 Å². The topological polar surface area (TPSA) is 95.7 Å². The molecular formula is C24H25N5O2. The lowest BCUT2D eigenvalue weighted by Crippen LogP contribution is -2.27. The number of nitrogens with one attached hydrogen (secondary N) is 3. The van der Waals surface area contributed by atoms with Gasteiger partial charge in [0.25, 0.3) is 5.91 Å². The summed E-state index contributed by atoms with van der Waals surface area (Å²) >= 11 is 0. The van der Waals surface area contributed by atoms with Crippen LogP contribution < -0.4 is 5.32 Å². The number of rotatable bonds is 5. The molecule has 0 aliphatic heterocycles. The van der Waals surface area contributed by atoms with Crippen molar-refractivity contribution in [3.63, 3.8) is 0 Å². The third-order valence-electron chi connectivity index (χ3n) is 6.03. The molecule has 2 unspecified atom stereocenters. The Morgan fingerprint density at radius 1 is 1.23 bits per heavy atom. The third kappa shape index (κ3) is 3.72. The molecule has 0 fully saturated rings. The van der Waals surface area contributed by atoms with Gasteiger partial charge in [0.15, 0.2) is 5.82 Å². The van der Waals surface area contributed by atoms with E-state index in [4.69, 9.17) is 4.74 Å². The van der Waals surface area contributed by atoms with Crippen molar-refractivity contribution in [3.8, 4) is 0 Å². The van der Waals surface area contributed by atoms with Gasteiger partial charge in [-0.15, -0.1) is 0 Å². The van der Waals surface area contributed by atoms with Crippen LogP contribution in [0.4, 0.5) is 0 Å². The summed E-state index contributed by atoms with van der Waals surface area (Å²) in [4.78, 5) is 20.5. The van der Waals surface area contributed by atoms with Crippen LogP contribution in [0.2, 0.25) is 0 Å². The van der Waals surface area contributed by atoms with Crippen molar-refractivity contribution in [1.82, 2.24) is 25.5 Å². The summed E-state index contributed by atoms with van der Waals surface area (Å²) in [5, 5.41) is 11.7. The highest BCUT2D eigenvalue weighted by molar-refractivity contribution is 6.01. The number of amides is 1. The molecule has 1 aliphatic rings. The molecule has 1 amide bonds. The molecule has 158 valence electrons. The second-order valence-corrected chi connectivity index (χ2v) is 8.04. The Kier molecular flexibility index (Phi) is 5.03. The number of methoxy groups -OCH3 is 1. The summed E-state index contributed by atoms with van der Waals surface area (Å²) in [6.45, 7) is 1.96. The normalized spacial score (nSPS) is 17.6. The van der Waals surface area contributed by atoms with Gasteiger partial charge in [0.05, 0.1) is 34.4 Å². The number of imidazole rings is 1. The Morgan fingerprint density at radius 2 is 2.06 bits per heavy atom. The van der Waals surface area contributed by atoms with Gasteiger partial charge < -0.3 is 15.0 Å². The third-order valence-corrected chi connectivity index (χ3v) is 6.03. The van der Waals surface area contributed by atoms with Crippen molar-refractivity contribution in [2.45, 2.75) is 38.3 Å². The highest BCUT2D eigenvalue weighted by Gasteiger charge is 2.20. The summed E-state index contributed by atoms with van der Waals surface area (Å²) in [5.74, 6) is 0.0786. The van der Waals surface area contributed by atoms with E-state index in [0.29, 0.717) is 5.82 Å². The Hall–Kier alpha value is -3.45. The molecule has 31 heavy (non-hydrogen) atoms. The van der Waals surface area contributed by atoms with Crippen LogP contribution in [0, 0.1) is 0 Å². The standard InChI is InChI=1S/C24H25N5O2/c1-14(15-6-4-3-5-7-15)25-24(30)23-26-20-12-18-19(13-21(20)27-23)28-29-22(18)16-8-10-17(31-2)11-9-16/h3-8,12-14,17H,9-11H2,1-2H3,(H,25,30)(H,26,27)(H,28,29). The van der Waals surface area contributed by atoms with E-state index in [0.717, 1.165) is 52.5 Å². The molecule has 2 heterocycles. The molecule has 0 saturated heterocycles. The molecule has 0 saturated carbocycles. The van der Waals surface area contributed by atoms with Crippen molar-refractivity contribution < 1.29 is 9.53 Å². The fraction of sp³-hybridized carbons (Fsp3) is 0.292. The van der Waals surface area contributed by atoms with Crippen LogP contribution >= 0.6 is 0 Å². The van der Waals surface area contributed by atoms with Crippen molar-refractivity contribution in [2.75, 3.05) is 7.11 Å². The number of nitrogens with zero attached hydrogens (tertiary/aromatic N) is 2. The van der Waals surface area contributed by atoms with E-state index in [-0.39, 0.29) is 18.1 Å². The Morgan fingerprint density at radius 3 is 2.81 bits per heavy atom. The molecule has 4 aromatic rings. The maximum atomic E-state index is 12.8. The minimum absolute atomic E-state index is 0.110. The predicted octanol–water partition coefficient (Wildman–Crippen LogP) is 4.51. The van der Waals surface area contributed by atoms with Crippen LogP contribution in [-0.4, -0.2) is 39.3 Å². The zero-order valence-corrected chi connectivity index (χ0v) is 17.6. The Balaban J connectivity index is 1.42. The van der Waals surface area contributed by atoms with Gasteiger partial charge in [-0.3, -0.25) is 9.89 Å². The number of carbonyl (C=O) groups excluding carboxylic acids is 1. The molecule has 2 aromatic heterocycles. The van der Waals surface area contributed by atoms with E-state index in [1.807, 2.05) is 49.4 Å². The van der Waals surface area contributed by atoms with Gasteiger partial charge in [0, 0.05) is 12.5 Å². The van der Waals surface area contributed by atoms with Crippen molar-refractivity contribution in [3.05, 3.63) is 65.6 Å². The van der Waals surface area contributed by atoms with E-state index in [2.05, 4.69) is 31.6 Å². The van der Waals surface area contributed by atoms with E-state index in [1.165, 1.54) is 5.57 Å². The van der Waals surface area contributed by atoms with Crippen molar-refractivity contribution >= 4 is 33.4 Å². The highest BCUT2D eigenvalue weighted by Crippen LogP contribution is 2.32. The second kappa shape index (κ2) is 8.00. The Bertz CT molecular complexity index is 1270. The van der Waals surface area contributed by atoms with Crippen LogP contribution in [-0.2, 0) is 4.74 Å². The largest absolute Gasteiger partial charge is 0.381 e. The number of H-pyrrole nitrogens is 2. The summed E-state index contributed by atoms with van der Waals surface area (Å²) in [6.07, 6.45) is 5.32. The smallest absolute Gasteiger partial charge is 0.287 e. The molecule has 2 aromatic carbocycles. The minimum atomic E-state index is -0.227. The van der Waals surface area contributed by atoms with Crippen LogP contribution in [0.15, 0.2) is 48.5 Å². The molecule has 0 bridgehead atoms. The first-order valence-corrected chi connectivity index (χ1v) is 10.6. The van der Waals surface area contributed by atoms with E-state index < -0.39 is 0 Å². The number of fused-ring (bicyclic) bond motifs is 2. The lowest BCUT2D eigenvalue weighted by molar-refractivity contribution is 0.0930. The first kappa shape index (κ1) is 19.5. The Labute approximate surface area is 179 Å². The summed E-state index contributed by atoms with van der Waals surface area (Å²) in [7, 11) is 1.76. The molecule has 0 radical (unpaired) electrons. The highest BCUT2D eigenvalue weighted by atomic mass is 16.5. The quantitative estimate of drug-likeness (QED) is 0.447. The fourth-order valence-corrected chi connectivity index (χ4v) is 4.20. The fourth-order valence-electron chi connectivity index (χ4n) is 4.20. The number of hydrogen-bond acceptors (Lipinski definition) is 4. The summed E-state index contributed by atoms with van der Waals surface area (Å²) in [5.41, 5.74) is 5.70. The molecule has 1 aliphatic carbocycles. The van der Waals surface area contributed by atoms with Gasteiger partial charge in [-0.2, -0.15) is 5.10 Å². The summed E-state index contributed by atoms with van der Waals surface area (Å²) < 4.78 is 5.46. The van der Waals surface area contributed by atoms with Crippen LogP contribution in [0.1, 0.15) is 54.1 Å². The molecule has 0 spiro atoms. The maximum Gasteiger partial charge on any atom is 0.287 e. The van der Waals surface area contributed by atoms with E-state index in [1.54, 1.807) is 7.11 Å². The first-order chi connectivity index (χ1) is 15.1. The number of allylic oxidation sites excluding steroid dienone is 1. The molecule has 2 atom stereocenters. The number of hydrogen-bond donors (Lipinski definition) is 3. The SMILES string of the molecule is COC1CC=C(c2n[nH]c3cc4[nH]c(C(=O)NC(C)c5ccccc5)nc4cc23)CC1. The second-order valence-electron chi connectivity index (χ2n) is 8.04. The average Bonchev–Trinajstić information content (AvgIpc) is 3.41.